The highest BCUT2D eigenvalue weighted by atomic mass is 35.5. The van der Waals surface area contributed by atoms with Crippen LogP contribution in [0.2, 0.25) is 10.0 Å². The van der Waals surface area contributed by atoms with Gasteiger partial charge in [0, 0.05) is 21.2 Å². The second-order valence-electron chi connectivity index (χ2n) is 6.08. The highest BCUT2D eigenvalue weighted by Crippen LogP contribution is 2.44. The van der Waals surface area contributed by atoms with Gasteiger partial charge in [-0.3, -0.25) is 0 Å². The highest BCUT2D eigenvalue weighted by molar-refractivity contribution is 6.36. The van der Waals surface area contributed by atoms with Gasteiger partial charge < -0.3 is 19.9 Å². The first-order valence-corrected chi connectivity index (χ1v) is 9.16. The molecule has 2 N–H and O–H groups in total. The van der Waals surface area contributed by atoms with Gasteiger partial charge in [0.1, 0.15) is 30.6 Å². The zero-order chi connectivity index (χ0) is 21.7. The number of hydrogen-bond acceptors (Lipinski definition) is 7. The van der Waals surface area contributed by atoms with Gasteiger partial charge in [0.05, 0.1) is 11.5 Å². The Morgan fingerprint density at radius 3 is 2.41 bits per heavy atom. The molecule has 152 valence electrons. The summed E-state index contributed by atoms with van der Waals surface area (Å²) in [5.74, 6) is -2.36. The van der Waals surface area contributed by atoms with E-state index in [0.29, 0.717) is 5.56 Å². The van der Waals surface area contributed by atoms with E-state index < -0.39 is 17.9 Å². The number of esters is 2. The average Bonchev–Trinajstić information content (AvgIpc) is 2.64. The molecule has 1 atom stereocenters. The molecule has 0 saturated heterocycles. The molecule has 0 spiro atoms. The first-order chi connectivity index (χ1) is 13.7. The monoisotopic (exact) mass is 436 g/mol. The zero-order valence-corrected chi connectivity index (χ0v) is 17.3. The molecule has 1 heterocycles. The smallest absolute Gasteiger partial charge is 0.338 e. The molecule has 0 fully saturated rings. The van der Waals surface area contributed by atoms with Crippen LogP contribution in [0.15, 0.2) is 53.1 Å². The zero-order valence-electron chi connectivity index (χ0n) is 15.8. The van der Waals surface area contributed by atoms with Crippen molar-refractivity contribution in [1.29, 1.82) is 5.26 Å². The van der Waals surface area contributed by atoms with Crippen LogP contribution < -0.4 is 5.73 Å². The summed E-state index contributed by atoms with van der Waals surface area (Å²) in [4.78, 5) is 24.2. The first kappa shape index (κ1) is 22.3. The molecule has 0 amide bonds. The van der Waals surface area contributed by atoms with Gasteiger partial charge in [-0.2, -0.15) is 5.26 Å². The van der Waals surface area contributed by atoms with E-state index in [9.17, 15) is 14.9 Å². The maximum Gasteiger partial charge on any atom is 0.338 e. The number of halogens is 2. The predicted molar refractivity (Wildman–Crippen MR) is 107 cm³/mol. The van der Waals surface area contributed by atoms with Gasteiger partial charge in [0.25, 0.3) is 0 Å². The molecular formula is C20H18Cl2N2O5. The van der Waals surface area contributed by atoms with Crippen molar-refractivity contribution in [3.05, 3.63) is 68.7 Å². The first-order valence-electron chi connectivity index (χ1n) is 8.41. The number of nitrogens with two attached hydrogens (primary N) is 1. The Labute approximate surface area is 177 Å². The van der Waals surface area contributed by atoms with Crippen LogP contribution in [0, 0.1) is 11.3 Å². The molecular weight excluding hydrogens is 419 g/mol. The fourth-order valence-corrected chi connectivity index (χ4v) is 3.31. The van der Waals surface area contributed by atoms with E-state index >= 15 is 0 Å². The number of benzene rings is 1. The van der Waals surface area contributed by atoms with E-state index in [-0.39, 0.29) is 51.6 Å². The van der Waals surface area contributed by atoms with Gasteiger partial charge in [0.2, 0.25) is 5.88 Å². The molecule has 9 heteroatoms. The molecule has 0 unspecified atom stereocenters. The van der Waals surface area contributed by atoms with Gasteiger partial charge >= 0.3 is 11.9 Å². The molecule has 1 aliphatic rings. The van der Waals surface area contributed by atoms with E-state index in [1.54, 1.807) is 18.2 Å². The van der Waals surface area contributed by atoms with Crippen LogP contribution in [0.25, 0.3) is 0 Å². The number of nitriles is 1. The van der Waals surface area contributed by atoms with Gasteiger partial charge in [-0.25, -0.2) is 9.59 Å². The van der Waals surface area contributed by atoms with Crippen molar-refractivity contribution in [2.24, 2.45) is 5.73 Å². The summed E-state index contributed by atoms with van der Waals surface area (Å²) in [6.07, 6.45) is 0. The third-order valence-corrected chi connectivity index (χ3v) is 4.67. The van der Waals surface area contributed by atoms with Gasteiger partial charge in [-0.15, -0.1) is 0 Å². The SMILES string of the molecule is C=C(C)C(=O)OCCOC(=O)C1=C(C)OC(N)=C(C#N)[C@H]1c1c(Cl)cccc1Cl. The van der Waals surface area contributed by atoms with Crippen LogP contribution in [0.4, 0.5) is 0 Å². The Kier molecular flexibility index (Phi) is 7.32. The number of allylic oxidation sites excluding steroid dienone is 2. The summed E-state index contributed by atoms with van der Waals surface area (Å²) in [6, 6.07) is 6.75. The molecule has 0 bridgehead atoms. The van der Waals surface area contributed by atoms with E-state index in [4.69, 9.17) is 43.1 Å². The van der Waals surface area contributed by atoms with Crippen molar-refractivity contribution in [2.75, 3.05) is 13.2 Å². The Balaban J connectivity index is 2.34. The fourth-order valence-electron chi connectivity index (χ4n) is 2.69. The third kappa shape index (κ3) is 4.91. The minimum Gasteiger partial charge on any atom is -0.459 e. The van der Waals surface area contributed by atoms with Crippen LogP contribution in [0.3, 0.4) is 0 Å². The van der Waals surface area contributed by atoms with Crippen LogP contribution in [0.1, 0.15) is 25.3 Å². The molecule has 29 heavy (non-hydrogen) atoms. The Morgan fingerprint density at radius 1 is 1.28 bits per heavy atom. The number of carbonyl (C=O) groups excluding carboxylic acids is 2. The molecule has 0 radical (unpaired) electrons. The minimum absolute atomic E-state index is 0.0220. The molecule has 0 saturated carbocycles. The normalized spacial score (nSPS) is 16.0. The molecule has 1 aromatic rings. The van der Waals surface area contributed by atoms with E-state index in [1.165, 1.54) is 13.8 Å². The van der Waals surface area contributed by atoms with Crippen LogP contribution >= 0.6 is 23.2 Å². The van der Waals surface area contributed by atoms with E-state index in [1.807, 2.05) is 6.07 Å². The Bertz CT molecular complexity index is 955. The summed E-state index contributed by atoms with van der Waals surface area (Å²) in [5, 5.41) is 10.1. The minimum atomic E-state index is -0.972. The number of rotatable bonds is 6. The Morgan fingerprint density at radius 2 is 1.86 bits per heavy atom. The van der Waals surface area contributed by atoms with Crippen molar-refractivity contribution in [1.82, 2.24) is 0 Å². The summed E-state index contributed by atoms with van der Waals surface area (Å²) in [7, 11) is 0. The van der Waals surface area contributed by atoms with Crippen LogP contribution in [0.5, 0.6) is 0 Å². The largest absolute Gasteiger partial charge is 0.459 e. The highest BCUT2D eigenvalue weighted by Gasteiger charge is 2.38. The van der Waals surface area contributed by atoms with Gasteiger partial charge in [-0.05, 0) is 26.0 Å². The summed E-state index contributed by atoms with van der Waals surface area (Å²) >= 11 is 12.6. The maximum atomic E-state index is 12.8. The second kappa shape index (κ2) is 9.50. The van der Waals surface area contributed by atoms with Crippen molar-refractivity contribution >= 4 is 35.1 Å². The molecule has 1 aliphatic heterocycles. The number of carbonyl (C=O) groups is 2. The lowest BCUT2D eigenvalue weighted by molar-refractivity contribution is -0.147. The molecule has 7 nitrogen and oxygen atoms in total. The quantitative estimate of drug-likeness (QED) is 0.410. The van der Waals surface area contributed by atoms with Crippen LogP contribution in [-0.2, 0) is 23.8 Å². The van der Waals surface area contributed by atoms with Crippen LogP contribution in [-0.4, -0.2) is 25.2 Å². The lowest BCUT2D eigenvalue weighted by Crippen LogP contribution is -2.26. The van der Waals surface area contributed by atoms with Gasteiger partial charge in [0.15, 0.2) is 0 Å². The predicted octanol–water partition coefficient (Wildman–Crippen LogP) is 3.74. The van der Waals surface area contributed by atoms with Crippen molar-refractivity contribution in [3.8, 4) is 6.07 Å². The Hall–Kier alpha value is -2.95. The average molecular weight is 437 g/mol. The number of hydrogen-bond donors (Lipinski definition) is 1. The van der Waals surface area contributed by atoms with Crippen molar-refractivity contribution in [2.45, 2.75) is 19.8 Å². The lowest BCUT2D eigenvalue weighted by atomic mass is 9.83. The molecule has 0 aromatic heterocycles. The molecule has 2 rings (SSSR count). The van der Waals surface area contributed by atoms with Gasteiger partial charge in [-0.1, -0.05) is 35.8 Å². The topological polar surface area (TPSA) is 112 Å². The van der Waals surface area contributed by atoms with E-state index in [0.717, 1.165) is 0 Å². The number of ether oxygens (including phenoxy) is 3. The lowest BCUT2D eigenvalue weighted by Gasteiger charge is -2.28. The standard InChI is InChI=1S/C20H18Cl2N2O5/c1-10(2)19(25)27-7-8-28-20(26)15-11(3)29-18(24)12(9-23)16(15)17-13(21)5-4-6-14(17)22/h4-6,16H,1,7-8,24H2,2-3H3/t16-/m1/s1. The molecule has 0 aliphatic carbocycles. The second-order valence-corrected chi connectivity index (χ2v) is 6.90. The number of nitrogens with zero attached hydrogens (tertiary/aromatic N) is 1. The fraction of sp³-hybridized carbons (Fsp3) is 0.250. The summed E-state index contributed by atoms with van der Waals surface area (Å²) in [5.41, 5.74) is 6.41. The summed E-state index contributed by atoms with van der Waals surface area (Å²) < 4.78 is 15.5. The van der Waals surface area contributed by atoms with Crippen molar-refractivity contribution in [3.63, 3.8) is 0 Å². The van der Waals surface area contributed by atoms with Crippen molar-refractivity contribution < 1.29 is 23.8 Å². The maximum absolute atomic E-state index is 12.8. The molecule has 1 aromatic carbocycles. The third-order valence-electron chi connectivity index (χ3n) is 4.01. The summed E-state index contributed by atoms with van der Waals surface area (Å²) in [6.45, 7) is 6.10. The van der Waals surface area contributed by atoms with E-state index in [2.05, 4.69) is 6.58 Å².